The van der Waals surface area contributed by atoms with Gasteiger partial charge in [-0.25, -0.2) is 14.6 Å². The van der Waals surface area contributed by atoms with Crippen LogP contribution in [0.4, 0.5) is 5.82 Å². The highest BCUT2D eigenvalue weighted by atomic mass is 16.5. The average Bonchev–Trinajstić information content (AvgIpc) is 3.24. The summed E-state index contributed by atoms with van der Waals surface area (Å²) in [6.45, 7) is 2.31. The normalized spacial score (nSPS) is 16.8. The second kappa shape index (κ2) is 9.53. The lowest BCUT2D eigenvalue weighted by atomic mass is 9.60. The topological polar surface area (TPSA) is 115 Å². The second-order valence-corrected chi connectivity index (χ2v) is 10.5. The molecular weight excluding hydrogens is 480 g/mol. The van der Waals surface area contributed by atoms with Crippen LogP contribution in [0.3, 0.4) is 0 Å². The smallest absolute Gasteiger partial charge is 0.246 e. The highest BCUT2D eigenvalue weighted by Gasteiger charge is 2.54. The summed E-state index contributed by atoms with van der Waals surface area (Å²) in [4.78, 5) is 29.7. The van der Waals surface area contributed by atoms with Crippen molar-refractivity contribution in [2.45, 2.75) is 18.9 Å². The van der Waals surface area contributed by atoms with Crippen molar-refractivity contribution in [1.29, 1.82) is 0 Å². The third-order valence-corrected chi connectivity index (χ3v) is 7.25. The first-order valence-electron chi connectivity index (χ1n) is 12.7. The molecule has 1 aliphatic carbocycles. The van der Waals surface area contributed by atoms with Crippen molar-refractivity contribution in [2.24, 2.45) is 5.41 Å². The number of amides is 1. The Morgan fingerprint density at radius 2 is 1.89 bits per heavy atom. The first-order valence-corrected chi connectivity index (χ1v) is 12.7. The van der Waals surface area contributed by atoms with E-state index in [0.29, 0.717) is 34.0 Å². The molecule has 6 rings (SSSR count). The molecule has 1 aliphatic heterocycles. The molecule has 2 N–H and O–H groups in total. The number of likely N-dealkylation sites (N-methyl/N-ethyl adjacent to an activating group) is 1. The van der Waals surface area contributed by atoms with Crippen molar-refractivity contribution in [3.63, 3.8) is 0 Å². The zero-order valence-electron chi connectivity index (χ0n) is 21.5. The van der Waals surface area contributed by atoms with Crippen LogP contribution in [0.25, 0.3) is 22.4 Å². The molecule has 0 atom stereocenters. The summed E-state index contributed by atoms with van der Waals surface area (Å²) in [6, 6.07) is 13.5. The second-order valence-electron chi connectivity index (χ2n) is 10.5. The van der Waals surface area contributed by atoms with Crippen LogP contribution in [-0.4, -0.2) is 74.2 Å². The van der Waals surface area contributed by atoms with Crippen LogP contribution in [0.5, 0.6) is 11.5 Å². The van der Waals surface area contributed by atoms with E-state index >= 15 is 0 Å². The van der Waals surface area contributed by atoms with Gasteiger partial charge in [0.1, 0.15) is 29.3 Å². The van der Waals surface area contributed by atoms with E-state index in [9.17, 15) is 4.79 Å². The number of benzene rings is 1. The third-order valence-electron chi connectivity index (χ3n) is 7.25. The van der Waals surface area contributed by atoms with E-state index in [1.54, 1.807) is 12.3 Å². The number of anilines is 1. The van der Waals surface area contributed by atoms with E-state index in [1.165, 1.54) is 6.33 Å². The number of fused-ring (bicyclic) bond motifs is 1. The molecule has 0 unspecified atom stereocenters. The van der Waals surface area contributed by atoms with Gasteiger partial charge >= 0.3 is 0 Å². The van der Waals surface area contributed by atoms with Crippen LogP contribution in [0, 0.1) is 5.41 Å². The largest absolute Gasteiger partial charge is 0.456 e. The van der Waals surface area contributed by atoms with Crippen molar-refractivity contribution >= 4 is 22.8 Å². The molecule has 38 heavy (non-hydrogen) atoms. The Balaban J connectivity index is 1.18. The van der Waals surface area contributed by atoms with Gasteiger partial charge in [-0.2, -0.15) is 5.10 Å². The number of nitrogen functional groups attached to an aromatic ring is 1. The lowest BCUT2D eigenvalue weighted by molar-refractivity contribution is -0.148. The molecule has 4 heterocycles. The highest BCUT2D eigenvalue weighted by Crippen LogP contribution is 2.54. The minimum Gasteiger partial charge on any atom is -0.456 e. The van der Waals surface area contributed by atoms with E-state index in [1.807, 2.05) is 77.1 Å². The fraction of sp³-hybridized carbons (Fsp3) is 0.321. The van der Waals surface area contributed by atoms with Gasteiger partial charge in [-0.1, -0.05) is 24.3 Å². The Bertz CT molecular complexity index is 1480. The number of nitrogens with two attached hydrogens (primary N) is 1. The molecule has 3 aromatic heterocycles. The van der Waals surface area contributed by atoms with Crippen LogP contribution < -0.4 is 10.5 Å². The summed E-state index contributed by atoms with van der Waals surface area (Å²) in [5.41, 5.74) is 8.48. The monoisotopic (exact) mass is 510 g/mol. The van der Waals surface area contributed by atoms with Crippen LogP contribution in [0.15, 0.2) is 67.1 Å². The lowest BCUT2D eigenvalue weighted by Gasteiger charge is -2.58. The van der Waals surface area contributed by atoms with Gasteiger partial charge in [0.15, 0.2) is 5.65 Å². The molecule has 4 aromatic rings. The Hall–Kier alpha value is -4.31. The highest BCUT2D eigenvalue weighted by molar-refractivity contribution is 5.97. The molecule has 1 aromatic carbocycles. The van der Waals surface area contributed by atoms with Crippen LogP contribution >= 0.6 is 0 Å². The number of nitrogens with zero attached hydrogens (tertiary/aromatic N) is 7. The van der Waals surface area contributed by atoms with Crippen molar-refractivity contribution in [1.82, 2.24) is 34.5 Å². The van der Waals surface area contributed by atoms with Gasteiger partial charge in [0, 0.05) is 31.1 Å². The number of rotatable bonds is 7. The predicted octanol–water partition coefficient (Wildman–Crippen LogP) is 3.54. The zero-order chi connectivity index (χ0) is 26.3. The van der Waals surface area contributed by atoms with Crippen LogP contribution in [-0.2, 0) is 4.79 Å². The summed E-state index contributed by atoms with van der Waals surface area (Å²) in [5.74, 6) is 1.84. The average molecular weight is 511 g/mol. The van der Waals surface area contributed by atoms with E-state index in [2.05, 4.69) is 15.0 Å². The van der Waals surface area contributed by atoms with E-state index in [-0.39, 0.29) is 17.4 Å². The van der Waals surface area contributed by atoms with Gasteiger partial charge in [-0.3, -0.25) is 9.78 Å². The molecule has 2 fully saturated rings. The molecule has 10 heteroatoms. The quantitative estimate of drug-likeness (QED) is 0.376. The standard InChI is InChI=1S/C28H30N8O2/c1-34(2)12-6-9-23(37)35-16-28(17-35)13-19(14-28)36-27-24(26(29)31-18-32-27)25(33-36)22-11-10-21(15-30-22)38-20-7-4-3-5-8-20/h3-11,15,18-19H,12-14,16-17H2,1-2H3,(H2,29,31,32). The minimum atomic E-state index is 0.0824. The zero-order valence-corrected chi connectivity index (χ0v) is 21.5. The Kier molecular flexibility index (Phi) is 6.03. The molecule has 1 spiro atoms. The first-order chi connectivity index (χ1) is 18.4. The molecule has 1 saturated heterocycles. The predicted molar refractivity (Wildman–Crippen MR) is 144 cm³/mol. The Morgan fingerprint density at radius 3 is 2.61 bits per heavy atom. The fourth-order valence-corrected chi connectivity index (χ4v) is 5.39. The minimum absolute atomic E-state index is 0.0824. The Labute approximate surface area is 220 Å². The fourth-order valence-electron chi connectivity index (χ4n) is 5.39. The van der Waals surface area contributed by atoms with Crippen molar-refractivity contribution < 1.29 is 9.53 Å². The van der Waals surface area contributed by atoms with Gasteiger partial charge in [0.05, 0.1) is 23.3 Å². The summed E-state index contributed by atoms with van der Waals surface area (Å²) in [6.07, 6.45) is 8.62. The number of hydrogen-bond donors (Lipinski definition) is 1. The number of para-hydroxylation sites is 1. The number of hydrogen-bond acceptors (Lipinski definition) is 8. The van der Waals surface area contributed by atoms with E-state index in [0.717, 1.165) is 38.2 Å². The van der Waals surface area contributed by atoms with Crippen molar-refractivity contribution in [2.75, 3.05) is 39.5 Å². The molecule has 10 nitrogen and oxygen atoms in total. The number of ether oxygens (including phenoxy) is 1. The molecule has 0 radical (unpaired) electrons. The summed E-state index contributed by atoms with van der Waals surface area (Å²) in [5, 5.41) is 5.63. The maximum Gasteiger partial charge on any atom is 0.246 e. The maximum atomic E-state index is 12.4. The van der Waals surface area contributed by atoms with Crippen molar-refractivity contribution in [3.8, 4) is 22.9 Å². The number of likely N-dealkylation sites (tertiary alicyclic amines) is 1. The maximum absolute atomic E-state index is 12.4. The van der Waals surface area contributed by atoms with Crippen molar-refractivity contribution in [3.05, 3.63) is 67.1 Å². The Morgan fingerprint density at radius 1 is 1.11 bits per heavy atom. The van der Waals surface area contributed by atoms with Crippen LogP contribution in [0.1, 0.15) is 18.9 Å². The first kappa shape index (κ1) is 24.1. The molecular formula is C28H30N8O2. The lowest BCUT2D eigenvalue weighted by Crippen LogP contribution is -2.63. The number of aromatic nitrogens is 5. The van der Waals surface area contributed by atoms with E-state index < -0.39 is 0 Å². The van der Waals surface area contributed by atoms with Gasteiger partial charge in [-0.15, -0.1) is 0 Å². The summed E-state index contributed by atoms with van der Waals surface area (Å²) >= 11 is 0. The number of carbonyl (C=O) groups excluding carboxylic acids is 1. The van der Waals surface area contributed by atoms with Gasteiger partial charge in [-0.05, 0) is 51.2 Å². The molecule has 194 valence electrons. The summed E-state index contributed by atoms with van der Waals surface area (Å²) in [7, 11) is 3.97. The van der Waals surface area contributed by atoms with Gasteiger partial charge in [0.25, 0.3) is 0 Å². The number of pyridine rings is 1. The number of carbonyl (C=O) groups is 1. The van der Waals surface area contributed by atoms with Crippen LogP contribution in [0.2, 0.25) is 0 Å². The molecule has 2 aliphatic rings. The van der Waals surface area contributed by atoms with E-state index in [4.69, 9.17) is 15.6 Å². The summed E-state index contributed by atoms with van der Waals surface area (Å²) < 4.78 is 7.84. The molecule has 1 amide bonds. The molecule has 0 bridgehead atoms. The van der Waals surface area contributed by atoms with Gasteiger partial charge < -0.3 is 20.3 Å². The van der Waals surface area contributed by atoms with Gasteiger partial charge in [0.2, 0.25) is 5.91 Å². The molecule has 1 saturated carbocycles. The SMILES string of the molecule is CN(C)CC=CC(=O)N1CC2(CC(n3nc(-c4ccc(Oc5ccccc5)cn4)c4c(N)ncnc43)C2)C1. The third kappa shape index (κ3) is 4.47.